The fourth-order valence-electron chi connectivity index (χ4n) is 1.59. The second-order valence-electron chi connectivity index (χ2n) is 3.32. The maximum atomic E-state index is 6.04. The van der Waals surface area contributed by atoms with Crippen molar-refractivity contribution in [2.24, 2.45) is 11.7 Å². The predicted octanol–water partition coefficient (Wildman–Crippen LogP) is 0.513. The number of hydrogen-bond donors (Lipinski definition) is 1. The summed E-state index contributed by atoms with van der Waals surface area (Å²) in [5.41, 5.74) is 7.04. The lowest BCUT2D eigenvalue weighted by atomic mass is 9.95. The number of nitrogens with zero attached hydrogens (tertiary/aromatic N) is 2. The van der Waals surface area contributed by atoms with Crippen LogP contribution >= 0.6 is 0 Å². The monoisotopic (exact) mass is 179 g/mol. The minimum Gasteiger partial charge on any atom is -0.381 e. The smallest absolute Gasteiger partial charge is 0.115 e. The van der Waals surface area contributed by atoms with Crippen molar-refractivity contribution < 1.29 is 4.74 Å². The molecule has 0 saturated carbocycles. The number of nitrogens with two attached hydrogens (primary N) is 1. The van der Waals surface area contributed by atoms with Gasteiger partial charge >= 0.3 is 0 Å². The molecular weight excluding hydrogens is 166 g/mol. The van der Waals surface area contributed by atoms with Crippen LogP contribution in [0.5, 0.6) is 0 Å². The molecule has 2 rings (SSSR count). The second kappa shape index (κ2) is 3.81. The van der Waals surface area contributed by atoms with Crippen LogP contribution in [0.4, 0.5) is 0 Å². The van der Waals surface area contributed by atoms with E-state index in [1.165, 1.54) is 6.33 Å². The Morgan fingerprint density at radius 1 is 1.46 bits per heavy atom. The summed E-state index contributed by atoms with van der Waals surface area (Å²) in [6.07, 6.45) is 6.10. The van der Waals surface area contributed by atoms with Crippen LogP contribution in [0.15, 0.2) is 18.7 Å². The summed E-state index contributed by atoms with van der Waals surface area (Å²) in [5.74, 6) is 0.422. The summed E-state index contributed by atoms with van der Waals surface area (Å²) in [4.78, 5) is 7.89. The van der Waals surface area contributed by atoms with E-state index in [4.69, 9.17) is 10.5 Å². The van der Waals surface area contributed by atoms with Crippen LogP contribution in [0.2, 0.25) is 0 Å². The molecule has 1 fully saturated rings. The largest absolute Gasteiger partial charge is 0.381 e. The van der Waals surface area contributed by atoms with Gasteiger partial charge in [-0.1, -0.05) is 0 Å². The van der Waals surface area contributed by atoms with Crippen LogP contribution in [0.25, 0.3) is 0 Å². The number of rotatable bonds is 2. The highest BCUT2D eigenvalue weighted by Gasteiger charge is 2.24. The lowest BCUT2D eigenvalue weighted by Crippen LogP contribution is -2.21. The fraction of sp³-hybridized carbons (Fsp3) is 0.556. The van der Waals surface area contributed by atoms with Gasteiger partial charge in [-0.15, -0.1) is 0 Å². The first kappa shape index (κ1) is 8.59. The van der Waals surface area contributed by atoms with E-state index in [1.807, 2.05) is 0 Å². The average Bonchev–Trinajstić information content (AvgIpc) is 2.71. The summed E-state index contributed by atoms with van der Waals surface area (Å²) in [6, 6.07) is 0.0173. The molecule has 4 heteroatoms. The maximum absolute atomic E-state index is 6.04. The van der Waals surface area contributed by atoms with E-state index in [0.717, 1.165) is 25.2 Å². The van der Waals surface area contributed by atoms with Gasteiger partial charge in [0.2, 0.25) is 0 Å². The van der Waals surface area contributed by atoms with Gasteiger partial charge in [-0.05, 0) is 6.42 Å². The zero-order chi connectivity index (χ0) is 9.10. The van der Waals surface area contributed by atoms with E-state index in [1.54, 1.807) is 12.4 Å². The van der Waals surface area contributed by atoms with Gasteiger partial charge in [0.15, 0.2) is 0 Å². The highest BCUT2D eigenvalue weighted by atomic mass is 16.5. The molecular formula is C9H13N3O. The third kappa shape index (κ3) is 1.84. The van der Waals surface area contributed by atoms with Crippen molar-refractivity contribution in [2.75, 3.05) is 13.2 Å². The Bertz CT molecular complexity index is 259. The van der Waals surface area contributed by atoms with Crippen LogP contribution in [0, 0.1) is 5.92 Å². The van der Waals surface area contributed by atoms with Crippen LogP contribution in [-0.4, -0.2) is 23.2 Å². The molecule has 2 unspecified atom stereocenters. The molecule has 1 aromatic rings. The first-order chi connectivity index (χ1) is 6.38. The zero-order valence-electron chi connectivity index (χ0n) is 7.39. The first-order valence-electron chi connectivity index (χ1n) is 4.46. The summed E-state index contributed by atoms with van der Waals surface area (Å²) in [5, 5.41) is 0. The average molecular weight is 179 g/mol. The Morgan fingerprint density at radius 3 is 2.85 bits per heavy atom. The molecule has 0 radical (unpaired) electrons. The molecule has 0 bridgehead atoms. The highest BCUT2D eigenvalue weighted by molar-refractivity contribution is 5.10. The maximum Gasteiger partial charge on any atom is 0.115 e. The molecule has 0 amide bonds. The first-order valence-corrected chi connectivity index (χ1v) is 4.46. The minimum atomic E-state index is 0.0173. The SMILES string of the molecule is NC(c1cncnc1)C1CCOC1. The Kier molecular flexibility index (Phi) is 2.52. The summed E-state index contributed by atoms with van der Waals surface area (Å²) in [6.45, 7) is 1.59. The molecule has 1 aliphatic rings. The van der Waals surface area contributed by atoms with E-state index < -0.39 is 0 Å². The Hall–Kier alpha value is -1.00. The van der Waals surface area contributed by atoms with Crippen LogP contribution in [0.1, 0.15) is 18.0 Å². The molecule has 70 valence electrons. The molecule has 1 saturated heterocycles. The minimum absolute atomic E-state index is 0.0173. The van der Waals surface area contributed by atoms with Gasteiger partial charge in [0.05, 0.1) is 6.61 Å². The highest BCUT2D eigenvalue weighted by Crippen LogP contribution is 2.25. The van der Waals surface area contributed by atoms with E-state index >= 15 is 0 Å². The topological polar surface area (TPSA) is 61.0 Å². The van der Waals surface area contributed by atoms with Crippen LogP contribution < -0.4 is 5.73 Å². The van der Waals surface area contributed by atoms with Crippen molar-refractivity contribution in [1.29, 1.82) is 0 Å². The Labute approximate surface area is 77.1 Å². The Morgan fingerprint density at radius 2 is 2.23 bits per heavy atom. The van der Waals surface area contributed by atoms with Crippen molar-refractivity contribution in [1.82, 2.24) is 9.97 Å². The lowest BCUT2D eigenvalue weighted by Gasteiger charge is -2.16. The van der Waals surface area contributed by atoms with E-state index in [0.29, 0.717) is 5.92 Å². The van der Waals surface area contributed by atoms with Crippen molar-refractivity contribution in [2.45, 2.75) is 12.5 Å². The van der Waals surface area contributed by atoms with Crippen LogP contribution in [-0.2, 0) is 4.74 Å². The van der Waals surface area contributed by atoms with Gasteiger partial charge < -0.3 is 10.5 Å². The van der Waals surface area contributed by atoms with Gasteiger partial charge in [-0.25, -0.2) is 9.97 Å². The van der Waals surface area contributed by atoms with Gasteiger partial charge in [0.1, 0.15) is 6.33 Å². The van der Waals surface area contributed by atoms with Crippen molar-refractivity contribution >= 4 is 0 Å². The summed E-state index contributed by atoms with van der Waals surface area (Å²) < 4.78 is 5.28. The van der Waals surface area contributed by atoms with Gasteiger partial charge in [-0.3, -0.25) is 0 Å². The van der Waals surface area contributed by atoms with Crippen molar-refractivity contribution in [3.05, 3.63) is 24.3 Å². The molecule has 1 aliphatic heterocycles. The molecule has 0 spiro atoms. The Balaban J connectivity index is 2.08. The predicted molar refractivity (Wildman–Crippen MR) is 47.9 cm³/mol. The van der Waals surface area contributed by atoms with Crippen molar-refractivity contribution in [3.63, 3.8) is 0 Å². The van der Waals surface area contributed by atoms with Gasteiger partial charge in [-0.2, -0.15) is 0 Å². The quantitative estimate of drug-likeness (QED) is 0.718. The molecule has 4 nitrogen and oxygen atoms in total. The van der Waals surface area contributed by atoms with E-state index in [9.17, 15) is 0 Å². The molecule has 2 heterocycles. The van der Waals surface area contributed by atoms with Gasteiger partial charge in [0, 0.05) is 36.5 Å². The summed E-state index contributed by atoms with van der Waals surface area (Å²) in [7, 11) is 0. The third-order valence-electron chi connectivity index (χ3n) is 2.44. The standard InChI is InChI=1S/C9H13N3O/c10-9(7-1-2-13-5-7)8-3-11-6-12-4-8/h3-4,6-7,9H,1-2,5,10H2. The number of hydrogen-bond acceptors (Lipinski definition) is 4. The fourth-order valence-corrected chi connectivity index (χ4v) is 1.59. The second-order valence-corrected chi connectivity index (χ2v) is 3.32. The third-order valence-corrected chi connectivity index (χ3v) is 2.44. The van der Waals surface area contributed by atoms with E-state index in [2.05, 4.69) is 9.97 Å². The molecule has 0 aromatic carbocycles. The molecule has 2 N–H and O–H groups in total. The molecule has 2 atom stereocenters. The lowest BCUT2D eigenvalue weighted by molar-refractivity contribution is 0.181. The molecule has 13 heavy (non-hydrogen) atoms. The van der Waals surface area contributed by atoms with Gasteiger partial charge in [0.25, 0.3) is 0 Å². The summed E-state index contributed by atoms with van der Waals surface area (Å²) >= 11 is 0. The number of ether oxygens (including phenoxy) is 1. The van der Waals surface area contributed by atoms with E-state index in [-0.39, 0.29) is 6.04 Å². The molecule has 0 aliphatic carbocycles. The zero-order valence-corrected chi connectivity index (χ0v) is 7.39. The normalized spacial score (nSPS) is 24.5. The number of aromatic nitrogens is 2. The van der Waals surface area contributed by atoms with Crippen LogP contribution in [0.3, 0.4) is 0 Å². The van der Waals surface area contributed by atoms with Crippen molar-refractivity contribution in [3.8, 4) is 0 Å². The molecule has 1 aromatic heterocycles.